The lowest BCUT2D eigenvalue weighted by molar-refractivity contribution is -0.119. The minimum atomic E-state index is -0.570. The summed E-state index contributed by atoms with van der Waals surface area (Å²) in [4.78, 5) is 30.4. The van der Waals surface area contributed by atoms with E-state index in [0.717, 1.165) is 4.68 Å². The number of hydrogen-bond acceptors (Lipinski definition) is 5. The van der Waals surface area contributed by atoms with Crippen LogP contribution in [-0.4, -0.2) is 29.3 Å². The van der Waals surface area contributed by atoms with Gasteiger partial charge in [-0.3, -0.25) is 15.0 Å². The molecule has 1 heterocycles. The first-order chi connectivity index (χ1) is 15.5. The van der Waals surface area contributed by atoms with E-state index in [2.05, 4.69) is 10.4 Å². The quantitative estimate of drug-likeness (QED) is 0.448. The molecule has 0 unspecified atom stereocenters. The standard InChI is InChI=1S/C23H17Cl2N3O4/c1-31-16-6-4-5-14(11-16)22-26-19-8-3-2-7-17(19)23(30)28(22)27-21(29)13-32-20-10-9-15(24)12-18(20)25/h2-12H,13H2,1H3,(H,27,29). The van der Waals surface area contributed by atoms with Crippen LogP contribution < -0.4 is 20.5 Å². The number of nitrogens with zero attached hydrogens (tertiary/aromatic N) is 2. The van der Waals surface area contributed by atoms with Gasteiger partial charge in [0.05, 0.1) is 23.0 Å². The summed E-state index contributed by atoms with van der Waals surface area (Å²) in [5.41, 5.74) is 3.25. The fourth-order valence-electron chi connectivity index (χ4n) is 3.08. The largest absolute Gasteiger partial charge is 0.497 e. The molecule has 0 aliphatic rings. The van der Waals surface area contributed by atoms with Crippen LogP contribution in [0.1, 0.15) is 0 Å². The zero-order valence-corrected chi connectivity index (χ0v) is 18.4. The molecule has 9 heteroatoms. The molecular weight excluding hydrogens is 453 g/mol. The van der Waals surface area contributed by atoms with Gasteiger partial charge in [-0.15, -0.1) is 0 Å². The molecule has 0 spiro atoms. The molecule has 0 bridgehead atoms. The van der Waals surface area contributed by atoms with E-state index in [1.54, 1.807) is 67.8 Å². The molecule has 0 atom stereocenters. The van der Waals surface area contributed by atoms with Gasteiger partial charge in [-0.25, -0.2) is 4.98 Å². The van der Waals surface area contributed by atoms with Gasteiger partial charge < -0.3 is 9.47 Å². The van der Waals surface area contributed by atoms with Crippen LogP contribution in [0.5, 0.6) is 11.5 Å². The number of fused-ring (bicyclic) bond motifs is 1. The van der Waals surface area contributed by atoms with Gasteiger partial charge in [-0.2, -0.15) is 4.68 Å². The van der Waals surface area contributed by atoms with Gasteiger partial charge in [0, 0.05) is 10.6 Å². The van der Waals surface area contributed by atoms with E-state index in [1.165, 1.54) is 6.07 Å². The maximum absolute atomic E-state index is 13.2. The van der Waals surface area contributed by atoms with Gasteiger partial charge >= 0.3 is 0 Å². The Balaban J connectivity index is 1.69. The molecular formula is C23H17Cl2N3O4. The van der Waals surface area contributed by atoms with E-state index in [9.17, 15) is 9.59 Å². The van der Waals surface area contributed by atoms with Crippen molar-refractivity contribution in [3.63, 3.8) is 0 Å². The van der Waals surface area contributed by atoms with Crippen LogP contribution in [0.15, 0.2) is 71.5 Å². The summed E-state index contributed by atoms with van der Waals surface area (Å²) in [7, 11) is 1.54. The second-order valence-electron chi connectivity index (χ2n) is 6.72. The predicted octanol–water partition coefficient (Wildman–Crippen LogP) is 4.53. The number of ether oxygens (including phenoxy) is 2. The molecule has 0 radical (unpaired) electrons. The number of methoxy groups -OCH3 is 1. The summed E-state index contributed by atoms with van der Waals surface area (Å²) in [6.07, 6.45) is 0. The Bertz CT molecular complexity index is 1370. The Kier molecular flexibility index (Phi) is 6.30. The van der Waals surface area contributed by atoms with Gasteiger partial charge in [0.25, 0.3) is 11.5 Å². The molecule has 4 aromatic rings. The average Bonchev–Trinajstić information content (AvgIpc) is 2.80. The lowest BCUT2D eigenvalue weighted by atomic mass is 10.2. The normalized spacial score (nSPS) is 10.7. The lowest BCUT2D eigenvalue weighted by Crippen LogP contribution is -2.37. The van der Waals surface area contributed by atoms with E-state index in [4.69, 9.17) is 32.7 Å². The van der Waals surface area contributed by atoms with Crippen LogP contribution in [0.2, 0.25) is 10.0 Å². The molecule has 0 saturated carbocycles. The SMILES string of the molecule is COc1cccc(-c2nc3ccccc3c(=O)n2NC(=O)COc2ccc(Cl)cc2Cl)c1. The Morgan fingerprint density at radius 3 is 2.66 bits per heavy atom. The maximum Gasteiger partial charge on any atom is 0.280 e. The Morgan fingerprint density at radius 1 is 1.06 bits per heavy atom. The van der Waals surface area contributed by atoms with Crippen molar-refractivity contribution in [2.45, 2.75) is 0 Å². The molecule has 0 fully saturated rings. The fraction of sp³-hybridized carbons (Fsp3) is 0.0870. The zero-order chi connectivity index (χ0) is 22.7. The molecule has 32 heavy (non-hydrogen) atoms. The molecule has 0 saturated heterocycles. The topological polar surface area (TPSA) is 82.5 Å². The summed E-state index contributed by atoms with van der Waals surface area (Å²) in [5.74, 6) is 0.566. The van der Waals surface area contributed by atoms with Gasteiger partial charge in [0.1, 0.15) is 11.5 Å². The third-order valence-corrected chi connectivity index (χ3v) is 5.12. The number of aromatic nitrogens is 2. The fourth-order valence-corrected chi connectivity index (χ4v) is 3.55. The molecule has 1 aromatic heterocycles. The Morgan fingerprint density at radius 2 is 1.88 bits per heavy atom. The highest BCUT2D eigenvalue weighted by Gasteiger charge is 2.16. The highest BCUT2D eigenvalue weighted by Crippen LogP contribution is 2.27. The summed E-state index contributed by atoms with van der Waals surface area (Å²) >= 11 is 12.0. The van der Waals surface area contributed by atoms with E-state index in [0.29, 0.717) is 33.0 Å². The van der Waals surface area contributed by atoms with Gasteiger partial charge in [-0.05, 0) is 42.5 Å². The maximum atomic E-state index is 13.2. The summed E-state index contributed by atoms with van der Waals surface area (Å²) in [5, 5.41) is 1.08. The van der Waals surface area contributed by atoms with Crippen LogP contribution in [-0.2, 0) is 4.79 Å². The average molecular weight is 470 g/mol. The molecule has 0 aliphatic heterocycles. The highest BCUT2D eigenvalue weighted by molar-refractivity contribution is 6.35. The van der Waals surface area contributed by atoms with Crippen LogP contribution in [0.4, 0.5) is 0 Å². The second-order valence-corrected chi connectivity index (χ2v) is 7.57. The third kappa shape index (κ3) is 4.54. The molecule has 1 amide bonds. The molecule has 162 valence electrons. The summed E-state index contributed by atoms with van der Waals surface area (Å²) in [6.45, 7) is -0.377. The number of amides is 1. The van der Waals surface area contributed by atoms with Gasteiger partial charge in [0.2, 0.25) is 0 Å². The Labute approximate surface area is 193 Å². The van der Waals surface area contributed by atoms with Crippen molar-refractivity contribution < 1.29 is 14.3 Å². The van der Waals surface area contributed by atoms with Crippen molar-refractivity contribution in [2.75, 3.05) is 19.1 Å². The van der Waals surface area contributed by atoms with Crippen molar-refractivity contribution in [1.29, 1.82) is 0 Å². The van der Waals surface area contributed by atoms with E-state index in [1.807, 2.05) is 0 Å². The predicted molar refractivity (Wildman–Crippen MR) is 124 cm³/mol. The minimum Gasteiger partial charge on any atom is -0.497 e. The van der Waals surface area contributed by atoms with Crippen molar-refractivity contribution >= 4 is 40.0 Å². The number of hydrogen-bond donors (Lipinski definition) is 1. The Hall–Kier alpha value is -3.55. The van der Waals surface area contributed by atoms with Crippen LogP contribution in [0.3, 0.4) is 0 Å². The molecule has 3 aromatic carbocycles. The van der Waals surface area contributed by atoms with E-state index < -0.39 is 11.5 Å². The molecule has 1 N–H and O–H groups in total. The summed E-state index contributed by atoms with van der Waals surface area (Å²) in [6, 6.07) is 18.6. The number of rotatable bonds is 6. The highest BCUT2D eigenvalue weighted by atomic mass is 35.5. The first-order valence-corrected chi connectivity index (χ1v) is 10.3. The van der Waals surface area contributed by atoms with Gasteiger partial charge in [0.15, 0.2) is 12.4 Å². The summed E-state index contributed by atoms with van der Waals surface area (Å²) < 4.78 is 11.9. The van der Waals surface area contributed by atoms with Crippen molar-refractivity contribution in [3.8, 4) is 22.9 Å². The van der Waals surface area contributed by atoms with Gasteiger partial charge in [-0.1, -0.05) is 47.5 Å². The van der Waals surface area contributed by atoms with Crippen LogP contribution >= 0.6 is 23.2 Å². The molecule has 4 rings (SSSR count). The monoisotopic (exact) mass is 469 g/mol. The van der Waals surface area contributed by atoms with E-state index in [-0.39, 0.29) is 17.5 Å². The number of carbonyl (C=O) groups excluding carboxylic acids is 1. The molecule has 7 nitrogen and oxygen atoms in total. The molecule has 0 aliphatic carbocycles. The van der Waals surface area contributed by atoms with Crippen LogP contribution in [0, 0.1) is 0 Å². The zero-order valence-electron chi connectivity index (χ0n) is 16.8. The van der Waals surface area contributed by atoms with Crippen molar-refractivity contribution in [2.24, 2.45) is 0 Å². The number of benzene rings is 3. The first kappa shape index (κ1) is 21.7. The number of carbonyl (C=O) groups is 1. The lowest BCUT2D eigenvalue weighted by Gasteiger charge is -2.15. The number of halogens is 2. The van der Waals surface area contributed by atoms with Crippen molar-refractivity contribution in [3.05, 3.63) is 87.1 Å². The number of para-hydroxylation sites is 1. The van der Waals surface area contributed by atoms with Crippen molar-refractivity contribution in [1.82, 2.24) is 9.66 Å². The smallest absolute Gasteiger partial charge is 0.280 e. The third-order valence-electron chi connectivity index (χ3n) is 4.59. The van der Waals surface area contributed by atoms with Crippen LogP contribution in [0.25, 0.3) is 22.3 Å². The first-order valence-electron chi connectivity index (χ1n) is 9.50. The second kappa shape index (κ2) is 9.30. The minimum absolute atomic E-state index is 0.255. The van der Waals surface area contributed by atoms with E-state index >= 15 is 0 Å². The number of nitrogens with one attached hydrogen (secondary N) is 1.